The van der Waals surface area contributed by atoms with E-state index < -0.39 is 10.8 Å². The third-order valence-corrected chi connectivity index (χ3v) is 4.84. The van der Waals surface area contributed by atoms with Gasteiger partial charge in [-0.2, -0.15) is 5.10 Å². The summed E-state index contributed by atoms with van der Waals surface area (Å²) >= 11 is 3.37. The van der Waals surface area contributed by atoms with E-state index in [1.807, 2.05) is 12.1 Å². The van der Waals surface area contributed by atoms with Crippen molar-refractivity contribution in [3.05, 3.63) is 80.7 Å². The van der Waals surface area contributed by atoms with E-state index in [4.69, 9.17) is 13.6 Å². The van der Waals surface area contributed by atoms with Crippen molar-refractivity contribution >= 4 is 44.7 Å². The molecule has 0 saturated carbocycles. The molecule has 2 heterocycles. The van der Waals surface area contributed by atoms with Gasteiger partial charge in [-0.15, -0.1) is 0 Å². The van der Waals surface area contributed by atoms with Crippen LogP contribution in [0.2, 0.25) is 0 Å². The van der Waals surface area contributed by atoms with E-state index in [2.05, 4.69) is 26.5 Å². The fourth-order valence-corrected chi connectivity index (χ4v) is 3.28. The first-order valence-electron chi connectivity index (χ1n) is 8.90. The Hall–Kier alpha value is -3.92. The number of halogens is 1. The van der Waals surface area contributed by atoms with Gasteiger partial charge in [0, 0.05) is 15.9 Å². The average Bonchev–Trinajstić information content (AvgIpc) is 3.39. The van der Waals surface area contributed by atoms with Crippen LogP contribution in [0.3, 0.4) is 0 Å². The molecule has 0 atom stereocenters. The Kier molecular flexibility index (Phi) is 5.54. The van der Waals surface area contributed by atoms with Gasteiger partial charge in [-0.05, 0) is 42.5 Å². The van der Waals surface area contributed by atoms with Gasteiger partial charge < -0.3 is 13.6 Å². The lowest BCUT2D eigenvalue weighted by molar-refractivity contribution is -0.384. The first-order valence-corrected chi connectivity index (χ1v) is 9.69. The topological polar surface area (TPSA) is 120 Å². The highest BCUT2D eigenvalue weighted by molar-refractivity contribution is 9.10. The fourth-order valence-electron chi connectivity index (χ4n) is 2.90. The second kappa shape index (κ2) is 8.44. The number of rotatable bonds is 6. The normalized spacial score (nSPS) is 11.2. The number of fused-ring (bicyclic) bond motifs is 1. The standard InChI is InChI=1S/C21H14BrN3O6/c1-29-19-10-14(25(27)28)3-5-16(19)18-7-4-15(30-18)11-23-24-21(26)20-9-12-8-13(22)2-6-17(12)31-20/h2-11H,1H3,(H,24,26)/b23-11+. The average molecular weight is 484 g/mol. The molecule has 0 aliphatic carbocycles. The van der Waals surface area contributed by atoms with Crippen molar-refractivity contribution in [2.45, 2.75) is 0 Å². The Morgan fingerprint density at radius 1 is 1.16 bits per heavy atom. The maximum Gasteiger partial charge on any atom is 0.307 e. The number of nitrogens with zero attached hydrogens (tertiary/aromatic N) is 2. The van der Waals surface area contributed by atoms with E-state index in [1.165, 1.54) is 25.5 Å². The SMILES string of the molecule is COc1cc([N+](=O)[O-])ccc1-c1ccc(/C=N/NC(=O)c2cc3cc(Br)ccc3o2)o1. The number of hydrogen-bond donors (Lipinski definition) is 1. The smallest absolute Gasteiger partial charge is 0.307 e. The lowest BCUT2D eigenvalue weighted by atomic mass is 10.1. The largest absolute Gasteiger partial charge is 0.496 e. The Morgan fingerprint density at radius 2 is 2.00 bits per heavy atom. The lowest BCUT2D eigenvalue weighted by Gasteiger charge is -2.05. The van der Waals surface area contributed by atoms with Crippen LogP contribution >= 0.6 is 15.9 Å². The number of nitrogens with one attached hydrogen (secondary N) is 1. The molecule has 0 aliphatic rings. The fraction of sp³-hybridized carbons (Fsp3) is 0.0476. The van der Waals surface area contributed by atoms with Gasteiger partial charge in [0.25, 0.3) is 5.69 Å². The number of amides is 1. The summed E-state index contributed by atoms with van der Waals surface area (Å²) in [5, 5.41) is 15.6. The summed E-state index contributed by atoms with van der Waals surface area (Å²) in [6.45, 7) is 0. The van der Waals surface area contributed by atoms with Crippen molar-refractivity contribution < 1.29 is 23.3 Å². The van der Waals surface area contributed by atoms with Crippen LogP contribution in [-0.4, -0.2) is 24.2 Å². The first kappa shape index (κ1) is 20.4. The number of hydrogen-bond acceptors (Lipinski definition) is 7. The van der Waals surface area contributed by atoms with Crippen LogP contribution in [0.25, 0.3) is 22.3 Å². The molecule has 9 nitrogen and oxygen atoms in total. The lowest BCUT2D eigenvalue weighted by Crippen LogP contribution is -2.16. The molecule has 2 aromatic carbocycles. The van der Waals surface area contributed by atoms with E-state index in [0.717, 1.165) is 9.86 Å². The van der Waals surface area contributed by atoms with Crippen molar-refractivity contribution in [2.24, 2.45) is 5.10 Å². The molecular formula is C21H14BrN3O6. The highest BCUT2D eigenvalue weighted by atomic mass is 79.9. The molecule has 0 fully saturated rings. The van der Waals surface area contributed by atoms with Crippen LogP contribution in [-0.2, 0) is 0 Å². The summed E-state index contributed by atoms with van der Waals surface area (Å²) in [5.74, 6) is 0.719. The number of ether oxygens (including phenoxy) is 1. The van der Waals surface area contributed by atoms with E-state index >= 15 is 0 Å². The summed E-state index contributed by atoms with van der Waals surface area (Å²) in [7, 11) is 1.42. The zero-order valence-corrected chi connectivity index (χ0v) is 17.6. The van der Waals surface area contributed by atoms with Gasteiger partial charge in [0.05, 0.1) is 29.9 Å². The van der Waals surface area contributed by atoms with Gasteiger partial charge in [-0.25, -0.2) is 5.43 Å². The number of benzene rings is 2. The van der Waals surface area contributed by atoms with Crippen molar-refractivity contribution in [1.29, 1.82) is 0 Å². The van der Waals surface area contributed by atoms with Gasteiger partial charge >= 0.3 is 5.91 Å². The van der Waals surface area contributed by atoms with Crippen LogP contribution in [0, 0.1) is 10.1 Å². The number of hydrazone groups is 1. The van der Waals surface area contributed by atoms with Gasteiger partial charge in [0.1, 0.15) is 22.9 Å². The molecule has 4 rings (SSSR count). The highest BCUT2D eigenvalue weighted by Gasteiger charge is 2.15. The zero-order chi connectivity index (χ0) is 22.0. The van der Waals surface area contributed by atoms with E-state index in [-0.39, 0.29) is 11.4 Å². The van der Waals surface area contributed by atoms with Crippen LogP contribution in [0.15, 0.2) is 73.0 Å². The van der Waals surface area contributed by atoms with Gasteiger partial charge in [0.15, 0.2) is 5.76 Å². The number of carbonyl (C=O) groups is 1. The van der Waals surface area contributed by atoms with Crippen molar-refractivity contribution in [2.75, 3.05) is 7.11 Å². The molecule has 0 radical (unpaired) electrons. The minimum absolute atomic E-state index is 0.0883. The van der Waals surface area contributed by atoms with Crippen molar-refractivity contribution in [3.63, 3.8) is 0 Å². The monoisotopic (exact) mass is 483 g/mol. The zero-order valence-electron chi connectivity index (χ0n) is 16.0. The highest BCUT2D eigenvalue weighted by Crippen LogP contribution is 2.34. The molecule has 156 valence electrons. The van der Waals surface area contributed by atoms with E-state index in [9.17, 15) is 14.9 Å². The Bertz CT molecular complexity index is 1320. The molecule has 10 heteroatoms. The molecule has 0 saturated heterocycles. The summed E-state index contributed by atoms with van der Waals surface area (Å²) in [4.78, 5) is 22.7. The molecule has 0 bridgehead atoms. The number of nitro groups is 1. The summed E-state index contributed by atoms with van der Waals surface area (Å²) in [5.41, 5.74) is 3.43. The van der Waals surface area contributed by atoms with Gasteiger partial charge in [-0.1, -0.05) is 15.9 Å². The molecule has 31 heavy (non-hydrogen) atoms. The van der Waals surface area contributed by atoms with Crippen molar-refractivity contribution in [1.82, 2.24) is 5.43 Å². The number of nitro benzene ring substituents is 1. The first-order chi connectivity index (χ1) is 14.9. The number of furan rings is 2. The molecule has 1 N–H and O–H groups in total. The predicted octanol–water partition coefficient (Wildman–Crippen LogP) is 5.14. The third kappa shape index (κ3) is 4.33. The molecule has 1 amide bonds. The van der Waals surface area contributed by atoms with Crippen LogP contribution in [0.1, 0.15) is 16.3 Å². The van der Waals surface area contributed by atoms with Crippen LogP contribution in [0.4, 0.5) is 5.69 Å². The summed E-state index contributed by atoms with van der Waals surface area (Å²) in [6, 6.07) is 14.6. The number of non-ortho nitro benzene ring substituents is 1. The van der Waals surface area contributed by atoms with E-state index in [1.54, 1.807) is 30.3 Å². The Morgan fingerprint density at radius 3 is 2.77 bits per heavy atom. The van der Waals surface area contributed by atoms with Crippen LogP contribution < -0.4 is 10.2 Å². The molecule has 2 aromatic heterocycles. The summed E-state index contributed by atoms with van der Waals surface area (Å²) in [6.07, 6.45) is 1.33. The molecule has 0 unspecified atom stereocenters. The maximum atomic E-state index is 12.3. The number of carbonyl (C=O) groups excluding carboxylic acids is 1. The van der Waals surface area contributed by atoms with Gasteiger partial charge in [0.2, 0.25) is 0 Å². The second-order valence-electron chi connectivity index (χ2n) is 6.34. The molecule has 4 aromatic rings. The van der Waals surface area contributed by atoms with Gasteiger partial charge in [-0.3, -0.25) is 14.9 Å². The molecule has 0 spiro atoms. The quantitative estimate of drug-likeness (QED) is 0.230. The Labute approximate surface area is 183 Å². The third-order valence-electron chi connectivity index (χ3n) is 4.35. The number of methoxy groups -OCH3 is 1. The Balaban J connectivity index is 1.47. The minimum atomic E-state index is -0.507. The molecular weight excluding hydrogens is 470 g/mol. The second-order valence-corrected chi connectivity index (χ2v) is 7.25. The predicted molar refractivity (Wildman–Crippen MR) is 116 cm³/mol. The minimum Gasteiger partial charge on any atom is -0.496 e. The van der Waals surface area contributed by atoms with Crippen molar-refractivity contribution in [3.8, 4) is 17.1 Å². The maximum absolute atomic E-state index is 12.3. The summed E-state index contributed by atoms with van der Waals surface area (Å²) < 4.78 is 17.3. The van der Waals surface area contributed by atoms with E-state index in [0.29, 0.717) is 28.4 Å². The molecule has 0 aliphatic heterocycles. The van der Waals surface area contributed by atoms with Crippen LogP contribution in [0.5, 0.6) is 5.75 Å².